The third-order valence-electron chi connectivity index (χ3n) is 7.38. The van der Waals surface area contributed by atoms with Crippen molar-refractivity contribution < 1.29 is 36.3 Å². The molecule has 2 aliphatic rings. The molecule has 12 heteroatoms. The molecule has 10 nitrogen and oxygen atoms in total. The van der Waals surface area contributed by atoms with Crippen molar-refractivity contribution in [3.05, 3.63) is 77.6 Å². The number of anilines is 1. The lowest BCUT2D eigenvalue weighted by Crippen LogP contribution is -2.41. The number of nitrogens with one attached hydrogen (secondary N) is 1. The van der Waals surface area contributed by atoms with Gasteiger partial charge in [-0.2, -0.15) is 0 Å². The molecule has 1 aromatic heterocycles. The van der Waals surface area contributed by atoms with Gasteiger partial charge in [0.15, 0.2) is 0 Å². The molecule has 0 bridgehead atoms. The summed E-state index contributed by atoms with van der Waals surface area (Å²) in [5, 5.41) is 3.61. The van der Waals surface area contributed by atoms with E-state index in [0.29, 0.717) is 47.6 Å². The highest BCUT2D eigenvalue weighted by Gasteiger charge is 2.37. The molecular weight excluding hydrogens is 565 g/mol. The van der Waals surface area contributed by atoms with Crippen molar-refractivity contribution in [2.24, 2.45) is 5.73 Å². The number of halogens is 1. The number of fused-ring (bicyclic) bond motifs is 1. The molecule has 218 valence electrons. The maximum atomic E-state index is 13.2. The Bertz CT molecular complexity index is 1780. The van der Waals surface area contributed by atoms with E-state index in [1.165, 1.54) is 34.8 Å². The Morgan fingerprint density at radius 2 is 1.69 bits per heavy atom. The fraction of sp³-hybridized carbons (Fsp3) is 0.267. The molecule has 1 aliphatic carbocycles. The largest absolute Gasteiger partial charge is 0.457 e. The lowest BCUT2D eigenvalue weighted by atomic mass is 10.0. The Morgan fingerprint density at radius 1 is 1.02 bits per heavy atom. The van der Waals surface area contributed by atoms with E-state index < -0.39 is 22.1 Å². The Hall–Kier alpha value is -4.42. The number of hydrogen-bond donors (Lipinski definition) is 2. The fourth-order valence-electron chi connectivity index (χ4n) is 5.41. The molecule has 3 N–H and O–H groups in total. The van der Waals surface area contributed by atoms with Crippen LogP contribution in [0, 0.1) is 5.82 Å². The van der Waals surface area contributed by atoms with E-state index in [1.807, 2.05) is 0 Å². The number of esters is 1. The van der Waals surface area contributed by atoms with Crippen molar-refractivity contribution in [1.82, 2.24) is 5.32 Å². The maximum Gasteiger partial charge on any atom is 0.412 e. The van der Waals surface area contributed by atoms with Gasteiger partial charge in [-0.1, -0.05) is 0 Å². The van der Waals surface area contributed by atoms with Gasteiger partial charge in [-0.05, 0) is 91.9 Å². The summed E-state index contributed by atoms with van der Waals surface area (Å²) >= 11 is 0. The van der Waals surface area contributed by atoms with Crippen molar-refractivity contribution in [3.63, 3.8) is 0 Å². The van der Waals surface area contributed by atoms with Crippen LogP contribution in [0.2, 0.25) is 0 Å². The van der Waals surface area contributed by atoms with Gasteiger partial charge in [-0.25, -0.2) is 22.4 Å². The van der Waals surface area contributed by atoms with Crippen molar-refractivity contribution in [3.8, 4) is 22.8 Å². The van der Waals surface area contributed by atoms with Crippen LogP contribution in [0.25, 0.3) is 22.3 Å². The van der Waals surface area contributed by atoms with Gasteiger partial charge >= 0.3 is 12.1 Å². The van der Waals surface area contributed by atoms with Crippen LogP contribution in [0.4, 0.5) is 14.9 Å². The number of ether oxygens (including phenoxy) is 2. The standard InChI is InChI=1S/C30H28FN3O7S/c1-42(37,38)34(20-12-13-33-16-20)25-15-26-24(14-23(25)17-2-3-17)27(29(35)41-30(32)36)28(40-26)18-4-8-21(9-5-18)39-22-10-6-19(31)7-11-22/h4-11,14-15,17,20,33H,2-3,12-13,16H2,1H3,(H2,32,36). The molecule has 1 atom stereocenters. The summed E-state index contributed by atoms with van der Waals surface area (Å²) in [6.45, 7) is 1.22. The zero-order valence-corrected chi connectivity index (χ0v) is 23.4. The number of carbonyl (C=O) groups excluding carboxylic acids is 2. The minimum absolute atomic E-state index is 0.00195. The van der Waals surface area contributed by atoms with Crippen LogP contribution < -0.4 is 20.1 Å². The van der Waals surface area contributed by atoms with E-state index in [0.717, 1.165) is 18.4 Å². The van der Waals surface area contributed by atoms with Crippen LogP contribution in [0.3, 0.4) is 0 Å². The molecule has 1 aliphatic heterocycles. The minimum atomic E-state index is -3.65. The molecule has 1 saturated heterocycles. The van der Waals surface area contributed by atoms with Gasteiger partial charge in [0.25, 0.3) is 0 Å². The van der Waals surface area contributed by atoms with E-state index >= 15 is 0 Å². The van der Waals surface area contributed by atoms with E-state index in [4.69, 9.17) is 19.6 Å². The third-order valence-corrected chi connectivity index (χ3v) is 8.59. The SMILES string of the molecule is CS(=O)(=O)N(c1cc2oc(-c3ccc(Oc4ccc(F)cc4)cc3)c(C(=O)OC(N)=O)c2cc1C1CC1)C1CCNC1. The lowest BCUT2D eigenvalue weighted by molar-refractivity contribution is 0.0640. The Morgan fingerprint density at radius 3 is 2.26 bits per heavy atom. The average Bonchev–Trinajstić information content (AvgIpc) is 3.51. The Balaban J connectivity index is 1.47. The second kappa shape index (κ2) is 10.8. The van der Waals surface area contributed by atoms with Crippen LogP contribution in [0.15, 0.2) is 65.1 Å². The van der Waals surface area contributed by atoms with Gasteiger partial charge < -0.3 is 24.9 Å². The summed E-state index contributed by atoms with van der Waals surface area (Å²) in [5.41, 5.74) is 7.20. The maximum absolute atomic E-state index is 13.2. The first-order valence-corrected chi connectivity index (χ1v) is 15.3. The first-order valence-electron chi connectivity index (χ1n) is 13.4. The molecule has 6 rings (SSSR count). The summed E-state index contributed by atoms with van der Waals surface area (Å²) in [4.78, 5) is 24.7. The molecule has 2 fully saturated rings. The third kappa shape index (κ3) is 5.55. The molecule has 4 aromatic rings. The fourth-order valence-corrected chi connectivity index (χ4v) is 6.65. The number of sulfonamides is 1. The normalized spacial score (nSPS) is 16.9. The number of carbonyl (C=O) groups is 2. The molecule has 1 unspecified atom stereocenters. The smallest absolute Gasteiger partial charge is 0.412 e. The van der Waals surface area contributed by atoms with Crippen molar-refractivity contribution in [2.75, 3.05) is 23.7 Å². The van der Waals surface area contributed by atoms with Gasteiger partial charge in [0.2, 0.25) is 10.0 Å². The zero-order chi connectivity index (χ0) is 29.6. The van der Waals surface area contributed by atoms with Crippen LogP contribution in [0.1, 0.15) is 41.1 Å². The molecule has 2 heterocycles. The van der Waals surface area contributed by atoms with Gasteiger partial charge in [0.1, 0.15) is 34.2 Å². The zero-order valence-electron chi connectivity index (χ0n) is 22.6. The molecule has 0 spiro atoms. The van der Waals surface area contributed by atoms with Crippen LogP contribution >= 0.6 is 0 Å². The molecule has 0 radical (unpaired) electrons. The predicted molar refractivity (Wildman–Crippen MR) is 154 cm³/mol. The Kier molecular flexibility index (Phi) is 7.11. The summed E-state index contributed by atoms with van der Waals surface area (Å²) in [6, 6.07) is 15.3. The minimum Gasteiger partial charge on any atom is -0.457 e. The van der Waals surface area contributed by atoms with Crippen LogP contribution in [-0.4, -0.2) is 45.9 Å². The van der Waals surface area contributed by atoms with E-state index in [2.05, 4.69) is 5.32 Å². The highest BCUT2D eigenvalue weighted by molar-refractivity contribution is 7.92. The van der Waals surface area contributed by atoms with Crippen LogP contribution in [-0.2, 0) is 14.8 Å². The first kappa shape index (κ1) is 27.7. The summed E-state index contributed by atoms with van der Waals surface area (Å²) in [5.74, 6) is -0.245. The summed E-state index contributed by atoms with van der Waals surface area (Å²) < 4.78 is 57.6. The number of furan rings is 1. The van der Waals surface area contributed by atoms with E-state index in [-0.39, 0.29) is 34.7 Å². The number of hydrogen-bond acceptors (Lipinski definition) is 8. The van der Waals surface area contributed by atoms with Crippen molar-refractivity contribution in [2.45, 2.75) is 31.2 Å². The number of nitrogens with two attached hydrogens (primary N) is 1. The highest BCUT2D eigenvalue weighted by Crippen LogP contribution is 2.48. The average molecular weight is 594 g/mol. The molecule has 42 heavy (non-hydrogen) atoms. The number of rotatable bonds is 8. The number of amides is 1. The predicted octanol–water partition coefficient (Wildman–Crippen LogP) is 5.27. The second-order valence-electron chi connectivity index (χ2n) is 10.5. The van der Waals surface area contributed by atoms with Gasteiger partial charge in [0.05, 0.1) is 18.0 Å². The van der Waals surface area contributed by atoms with Crippen molar-refractivity contribution in [1.29, 1.82) is 0 Å². The number of benzene rings is 3. The van der Waals surface area contributed by atoms with Crippen LogP contribution in [0.5, 0.6) is 11.5 Å². The van der Waals surface area contributed by atoms with Gasteiger partial charge in [0, 0.05) is 23.6 Å². The first-order chi connectivity index (χ1) is 20.1. The monoisotopic (exact) mass is 593 g/mol. The number of nitrogens with zero attached hydrogens (tertiary/aromatic N) is 1. The molecule has 1 amide bonds. The molecule has 1 saturated carbocycles. The molecule has 3 aromatic carbocycles. The molecular formula is C30H28FN3O7S. The lowest BCUT2D eigenvalue weighted by Gasteiger charge is -2.30. The van der Waals surface area contributed by atoms with Crippen molar-refractivity contribution >= 4 is 38.7 Å². The summed E-state index contributed by atoms with van der Waals surface area (Å²) in [6.07, 6.45) is 2.33. The second-order valence-corrected chi connectivity index (χ2v) is 12.3. The Labute approximate surface area is 241 Å². The summed E-state index contributed by atoms with van der Waals surface area (Å²) in [7, 11) is -3.65. The quantitative estimate of drug-likeness (QED) is 0.208. The topological polar surface area (TPSA) is 141 Å². The number of primary amides is 1. The van der Waals surface area contributed by atoms with E-state index in [1.54, 1.807) is 36.4 Å². The van der Waals surface area contributed by atoms with Gasteiger partial charge in [-0.3, -0.25) is 4.31 Å². The van der Waals surface area contributed by atoms with E-state index in [9.17, 15) is 22.4 Å². The van der Waals surface area contributed by atoms with Gasteiger partial charge in [-0.15, -0.1) is 0 Å². The highest BCUT2D eigenvalue weighted by atomic mass is 32.2.